The Kier molecular flexibility index (Phi) is 4.65. The number of nitrogens with one attached hydrogen (secondary N) is 1. The molecule has 4 aromatic rings. The third-order valence-electron chi connectivity index (χ3n) is 3.89. The van der Waals surface area contributed by atoms with E-state index in [4.69, 9.17) is 4.52 Å². The standard InChI is InChI=1S/C20H15N5O2/c26-20(17-9-3-4-11-22-17)23-16-8-2-1-6-14(16)12-18-24-19(25-27-18)15-7-5-10-21-13-15/h1-11,13H,12H2,(H,23,26). The molecule has 4 rings (SSSR count). The van der Waals surface area contributed by atoms with E-state index in [2.05, 4.69) is 25.4 Å². The molecule has 7 heteroatoms. The molecule has 1 N–H and O–H groups in total. The summed E-state index contributed by atoms with van der Waals surface area (Å²) in [6.45, 7) is 0. The Balaban J connectivity index is 1.54. The zero-order valence-electron chi connectivity index (χ0n) is 14.2. The molecule has 0 bridgehead atoms. The monoisotopic (exact) mass is 357 g/mol. The van der Waals surface area contributed by atoms with E-state index in [9.17, 15) is 4.79 Å². The first kappa shape index (κ1) is 16.6. The smallest absolute Gasteiger partial charge is 0.274 e. The Morgan fingerprint density at radius 2 is 1.89 bits per heavy atom. The maximum atomic E-state index is 12.4. The number of rotatable bonds is 5. The van der Waals surface area contributed by atoms with E-state index in [1.165, 1.54) is 0 Å². The largest absolute Gasteiger partial charge is 0.339 e. The second kappa shape index (κ2) is 7.57. The van der Waals surface area contributed by atoms with Crippen molar-refractivity contribution in [3.05, 3.63) is 90.3 Å². The fourth-order valence-electron chi connectivity index (χ4n) is 2.58. The van der Waals surface area contributed by atoms with Gasteiger partial charge in [0.15, 0.2) is 0 Å². The lowest BCUT2D eigenvalue weighted by molar-refractivity contribution is 0.102. The fourth-order valence-corrected chi connectivity index (χ4v) is 2.58. The van der Waals surface area contributed by atoms with Gasteiger partial charge < -0.3 is 9.84 Å². The average Bonchev–Trinajstić information content (AvgIpc) is 3.19. The number of hydrogen-bond acceptors (Lipinski definition) is 6. The number of nitrogens with zero attached hydrogens (tertiary/aromatic N) is 4. The molecule has 7 nitrogen and oxygen atoms in total. The lowest BCUT2D eigenvalue weighted by Crippen LogP contribution is -2.14. The Labute approximate surface area is 155 Å². The zero-order valence-corrected chi connectivity index (χ0v) is 14.2. The molecule has 0 radical (unpaired) electrons. The number of carbonyl (C=O) groups excluding carboxylic acids is 1. The quantitative estimate of drug-likeness (QED) is 0.588. The molecule has 3 heterocycles. The summed E-state index contributed by atoms with van der Waals surface area (Å²) in [6, 6.07) is 16.4. The van der Waals surface area contributed by atoms with Crippen molar-refractivity contribution in [2.75, 3.05) is 5.32 Å². The third-order valence-corrected chi connectivity index (χ3v) is 3.89. The summed E-state index contributed by atoms with van der Waals surface area (Å²) < 4.78 is 5.35. The van der Waals surface area contributed by atoms with Crippen molar-refractivity contribution in [3.8, 4) is 11.4 Å². The van der Waals surface area contributed by atoms with Crippen molar-refractivity contribution < 1.29 is 9.32 Å². The predicted octanol–water partition coefficient (Wildman–Crippen LogP) is 3.37. The molecule has 0 fully saturated rings. The van der Waals surface area contributed by atoms with Crippen molar-refractivity contribution in [2.24, 2.45) is 0 Å². The van der Waals surface area contributed by atoms with E-state index in [0.29, 0.717) is 29.5 Å². The normalized spacial score (nSPS) is 10.5. The summed E-state index contributed by atoms with van der Waals surface area (Å²) in [6.07, 6.45) is 5.34. The van der Waals surface area contributed by atoms with Gasteiger partial charge in [-0.2, -0.15) is 4.98 Å². The zero-order chi connectivity index (χ0) is 18.5. The fraction of sp³-hybridized carbons (Fsp3) is 0.0500. The van der Waals surface area contributed by atoms with Gasteiger partial charge in [-0.05, 0) is 35.9 Å². The number of para-hydroxylation sites is 1. The predicted molar refractivity (Wildman–Crippen MR) is 99.0 cm³/mol. The Morgan fingerprint density at radius 3 is 2.70 bits per heavy atom. The molecule has 0 spiro atoms. The minimum atomic E-state index is -0.273. The van der Waals surface area contributed by atoms with Crippen LogP contribution in [0.25, 0.3) is 11.4 Å². The van der Waals surface area contributed by atoms with Gasteiger partial charge in [0.05, 0.1) is 6.42 Å². The molecule has 0 atom stereocenters. The van der Waals surface area contributed by atoms with Crippen LogP contribution in [0, 0.1) is 0 Å². The van der Waals surface area contributed by atoms with Gasteiger partial charge >= 0.3 is 0 Å². The molecular weight excluding hydrogens is 342 g/mol. The number of pyridine rings is 2. The molecule has 27 heavy (non-hydrogen) atoms. The van der Waals surface area contributed by atoms with Crippen molar-refractivity contribution >= 4 is 11.6 Å². The topological polar surface area (TPSA) is 93.8 Å². The van der Waals surface area contributed by atoms with E-state index in [1.807, 2.05) is 36.4 Å². The molecule has 132 valence electrons. The first-order valence-corrected chi connectivity index (χ1v) is 8.33. The first-order valence-electron chi connectivity index (χ1n) is 8.33. The summed E-state index contributed by atoms with van der Waals surface area (Å²) in [5.74, 6) is 0.658. The Hall–Kier alpha value is -3.87. The molecule has 1 aromatic carbocycles. The molecule has 3 aromatic heterocycles. The molecule has 0 aliphatic rings. The number of carbonyl (C=O) groups is 1. The summed E-state index contributed by atoms with van der Waals surface area (Å²) in [4.78, 5) is 24.9. The average molecular weight is 357 g/mol. The maximum absolute atomic E-state index is 12.4. The van der Waals surface area contributed by atoms with Crippen LogP contribution in [-0.4, -0.2) is 26.0 Å². The van der Waals surface area contributed by atoms with E-state index in [1.54, 1.807) is 36.8 Å². The van der Waals surface area contributed by atoms with Crippen LogP contribution in [0.3, 0.4) is 0 Å². The Bertz CT molecular complexity index is 1050. The van der Waals surface area contributed by atoms with Gasteiger partial charge in [0.25, 0.3) is 5.91 Å². The number of anilines is 1. The molecule has 0 unspecified atom stereocenters. The number of hydrogen-bond donors (Lipinski definition) is 1. The summed E-state index contributed by atoms with van der Waals surface area (Å²) >= 11 is 0. The van der Waals surface area contributed by atoms with Crippen LogP contribution in [0.1, 0.15) is 21.9 Å². The third kappa shape index (κ3) is 3.87. The summed E-state index contributed by atoms with van der Waals surface area (Å²) in [5.41, 5.74) is 2.67. The molecule has 1 amide bonds. The van der Waals surface area contributed by atoms with Gasteiger partial charge in [0, 0.05) is 29.8 Å². The van der Waals surface area contributed by atoms with E-state index in [0.717, 1.165) is 11.1 Å². The maximum Gasteiger partial charge on any atom is 0.274 e. The van der Waals surface area contributed by atoms with Gasteiger partial charge in [-0.25, -0.2) is 0 Å². The minimum Gasteiger partial charge on any atom is -0.339 e. The molecule has 0 saturated heterocycles. The number of benzene rings is 1. The Morgan fingerprint density at radius 1 is 1.00 bits per heavy atom. The highest BCUT2D eigenvalue weighted by molar-refractivity contribution is 6.03. The van der Waals surface area contributed by atoms with E-state index < -0.39 is 0 Å². The number of aromatic nitrogens is 4. The highest BCUT2D eigenvalue weighted by atomic mass is 16.5. The van der Waals surface area contributed by atoms with Crippen LogP contribution >= 0.6 is 0 Å². The number of amides is 1. The van der Waals surface area contributed by atoms with Crippen molar-refractivity contribution in [2.45, 2.75) is 6.42 Å². The lowest BCUT2D eigenvalue weighted by Gasteiger charge is -2.09. The van der Waals surface area contributed by atoms with E-state index >= 15 is 0 Å². The summed E-state index contributed by atoms with van der Waals surface area (Å²) in [7, 11) is 0. The first-order chi connectivity index (χ1) is 13.3. The van der Waals surface area contributed by atoms with Crippen LogP contribution < -0.4 is 5.32 Å². The molecule has 0 aliphatic heterocycles. The second-order valence-electron chi connectivity index (χ2n) is 5.76. The lowest BCUT2D eigenvalue weighted by atomic mass is 10.1. The van der Waals surface area contributed by atoms with Gasteiger partial charge in [-0.3, -0.25) is 14.8 Å². The van der Waals surface area contributed by atoms with Crippen LogP contribution in [0.2, 0.25) is 0 Å². The minimum absolute atomic E-state index is 0.273. The highest BCUT2D eigenvalue weighted by Gasteiger charge is 2.14. The van der Waals surface area contributed by atoms with Crippen molar-refractivity contribution in [1.82, 2.24) is 20.1 Å². The van der Waals surface area contributed by atoms with Crippen LogP contribution in [0.5, 0.6) is 0 Å². The van der Waals surface area contributed by atoms with Crippen LogP contribution in [0.4, 0.5) is 5.69 Å². The second-order valence-corrected chi connectivity index (χ2v) is 5.76. The van der Waals surface area contributed by atoms with Crippen LogP contribution in [-0.2, 0) is 6.42 Å². The molecule has 0 aliphatic carbocycles. The molecular formula is C20H15N5O2. The van der Waals surface area contributed by atoms with Gasteiger partial charge in [0.2, 0.25) is 11.7 Å². The summed E-state index contributed by atoms with van der Waals surface area (Å²) in [5, 5.41) is 6.88. The highest BCUT2D eigenvalue weighted by Crippen LogP contribution is 2.21. The van der Waals surface area contributed by atoms with Gasteiger partial charge in [0.1, 0.15) is 5.69 Å². The van der Waals surface area contributed by atoms with Gasteiger partial charge in [-0.1, -0.05) is 29.4 Å². The van der Waals surface area contributed by atoms with Crippen molar-refractivity contribution in [1.29, 1.82) is 0 Å². The SMILES string of the molecule is O=C(Nc1ccccc1Cc1nc(-c2cccnc2)no1)c1ccccn1. The van der Waals surface area contributed by atoms with Crippen LogP contribution in [0.15, 0.2) is 77.7 Å². The molecule has 0 saturated carbocycles. The van der Waals surface area contributed by atoms with Gasteiger partial charge in [-0.15, -0.1) is 0 Å². The van der Waals surface area contributed by atoms with Crippen molar-refractivity contribution in [3.63, 3.8) is 0 Å². The van der Waals surface area contributed by atoms with E-state index in [-0.39, 0.29) is 5.91 Å².